The molecule has 5 heteroatoms. The van der Waals surface area contributed by atoms with Gasteiger partial charge in [0.15, 0.2) is 0 Å². The summed E-state index contributed by atoms with van der Waals surface area (Å²) < 4.78 is 0. The lowest BCUT2D eigenvalue weighted by Crippen LogP contribution is -2.14. The summed E-state index contributed by atoms with van der Waals surface area (Å²) in [6.07, 6.45) is 0.741. The van der Waals surface area contributed by atoms with Crippen LogP contribution in [0.5, 0.6) is 0 Å². The minimum Gasteiger partial charge on any atom is -0.322 e. The summed E-state index contributed by atoms with van der Waals surface area (Å²) in [5, 5.41) is 7.70. The standard InChI is InChI=1S/C25H20N2O2S/c28-24(19-12-14-21(15-13-19)26-25(29)23-11-6-16-30-23)27-22-10-5-4-9-20(22)17-18-7-2-1-3-8-18/h1-16H,17H2,(H,26,29)(H,27,28). The molecule has 0 unspecified atom stereocenters. The van der Waals surface area contributed by atoms with Gasteiger partial charge in [-0.1, -0.05) is 54.6 Å². The van der Waals surface area contributed by atoms with Gasteiger partial charge in [0.1, 0.15) is 0 Å². The molecule has 0 radical (unpaired) electrons. The molecular weight excluding hydrogens is 392 g/mol. The van der Waals surface area contributed by atoms with Crippen LogP contribution in [-0.4, -0.2) is 11.8 Å². The average Bonchev–Trinajstić information content (AvgIpc) is 3.31. The van der Waals surface area contributed by atoms with Crippen molar-refractivity contribution in [3.8, 4) is 0 Å². The Balaban J connectivity index is 1.44. The number of hydrogen-bond acceptors (Lipinski definition) is 3. The summed E-state index contributed by atoms with van der Waals surface area (Å²) in [5.41, 5.74) is 4.21. The first kappa shape index (κ1) is 19.6. The second kappa shape index (κ2) is 9.20. The minimum atomic E-state index is -0.188. The molecular formula is C25H20N2O2S. The molecule has 3 aromatic carbocycles. The molecule has 1 aromatic heterocycles. The number of para-hydroxylation sites is 1. The Morgan fingerprint density at radius 3 is 2.17 bits per heavy atom. The summed E-state index contributed by atoms with van der Waals surface area (Å²) >= 11 is 1.39. The second-order valence-electron chi connectivity index (χ2n) is 6.78. The van der Waals surface area contributed by atoms with Gasteiger partial charge in [0, 0.05) is 16.9 Å². The molecule has 0 spiro atoms. The number of rotatable bonds is 6. The Morgan fingerprint density at radius 2 is 1.43 bits per heavy atom. The maximum absolute atomic E-state index is 12.7. The van der Waals surface area contributed by atoms with Crippen LogP contribution in [0.25, 0.3) is 0 Å². The van der Waals surface area contributed by atoms with E-state index in [1.54, 1.807) is 30.3 Å². The molecule has 0 fully saturated rings. The van der Waals surface area contributed by atoms with Crippen molar-refractivity contribution < 1.29 is 9.59 Å². The van der Waals surface area contributed by atoms with E-state index in [2.05, 4.69) is 22.8 Å². The number of hydrogen-bond donors (Lipinski definition) is 2. The molecule has 0 atom stereocenters. The van der Waals surface area contributed by atoms with Crippen molar-refractivity contribution >= 4 is 34.5 Å². The van der Waals surface area contributed by atoms with Crippen molar-refractivity contribution in [1.29, 1.82) is 0 Å². The Morgan fingerprint density at radius 1 is 0.700 bits per heavy atom. The smallest absolute Gasteiger partial charge is 0.265 e. The predicted octanol–water partition coefficient (Wildman–Crippen LogP) is 5.84. The third-order valence-electron chi connectivity index (χ3n) is 4.65. The quantitative estimate of drug-likeness (QED) is 0.418. The molecule has 30 heavy (non-hydrogen) atoms. The first-order valence-corrected chi connectivity index (χ1v) is 10.4. The van der Waals surface area contributed by atoms with Gasteiger partial charge in [0.05, 0.1) is 4.88 Å². The number of carbonyl (C=O) groups excluding carboxylic acids is 2. The first-order valence-electron chi connectivity index (χ1n) is 9.57. The summed E-state index contributed by atoms with van der Waals surface area (Å²) in [6.45, 7) is 0. The van der Waals surface area contributed by atoms with Crippen molar-refractivity contribution in [2.45, 2.75) is 6.42 Å². The fraction of sp³-hybridized carbons (Fsp3) is 0.0400. The van der Waals surface area contributed by atoms with Crippen molar-refractivity contribution in [3.05, 3.63) is 118 Å². The number of nitrogens with one attached hydrogen (secondary N) is 2. The first-order chi connectivity index (χ1) is 14.7. The zero-order chi connectivity index (χ0) is 20.8. The summed E-state index contributed by atoms with van der Waals surface area (Å²) in [7, 11) is 0. The molecule has 0 aliphatic carbocycles. The van der Waals surface area contributed by atoms with Gasteiger partial charge in [-0.2, -0.15) is 0 Å². The summed E-state index contributed by atoms with van der Waals surface area (Å²) in [4.78, 5) is 25.5. The Labute approximate surface area is 179 Å². The fourth-order valence-electron chi connectivity index (χ4n) is 3.11. The van der Waals surface area contributed by atoms with E-state index in [-0.39, 0.29) is 11.8 Å². The molecule has 4 aromatic rings. The predicted molar refractivity (Wildman–Crippen MR) is 122 cm³/mol. The van der Waals surface area contributed by atoms with Gasteiger partial charge in [-0.3, -0.25) is 9.59 Å². The van der Waals surface area contributed by atoms with Gasteiger partial charge in [0.25, 0.3) is 11.8 Å². The monoisotopic (exact) mass is 412 g/mol. The fourth-order valence-corrected chi connectivity index (χ4v) is 3.73. The van der Waals surface area contributed by atoms with E-state index >= 15 is 0 Å². The normalized spacial score (nSPS) is 10.4. The van der Waals surface area contributed by atoms with Crippen LogP contribution in [0, 0.1) is 0 Å². The van der Waals surface area contributed by atoms with Crippen molar-refractivity contribution in [2.75, 3.05) is 10.6 Å². The largest absolute Gasteiger partial charge is 0.322 e. The lowest BCUT2D eigenvalue weighted by atomic mass is 10.0. The van der Waals surface area contributed by atoms with Crippen LogP contribution in [0.3, 0.4) is 0 Å². The maximum Gasteiger partial charge on any atom is 0.265 e. The van der Waals surface area contributed by atoms with Crippen LogP contribution < -0.4 is 10.6 Å². The topological polar surface area (TPSA) is 58.2 Å². The number of carbonyl (C=O) groups is 2. The molecule has 1 heterocycles. The van der Waals surface area contributed by atoms with E-state index < -0.39 is 0 Å². The van der Waals surface area contributed by atoms with Crippen molar-refractivity contribution in [2.24, 2.45) is 0 Å². The van der Waals surface area contributed by atoms with Crippen LogP contribution in [0.1, 0.15) is 31.2 Å². The van der Waals surface area contributed by atoms with Gasteiger partial charge in [-0.05, 0) is 59.3 Å². The van der Waals surface area contributed by atoms with E-state index in [1.165, 1.54) is 16.9 Å². The Hall–Kier alpha value is -3.70. The van der Waals surface area contributed by atoms with Crippen LogP contribution in [0.15, 0.2) is 96.4 Å². The molecule has 0 saturated heterocycles. The number of benzene rings is 3. The van der Waals surface area contributed by atoms with Crippen LogP contribution in [0.4, 0.5) is 11.4 Å². The van der Waals surface area contributed by atoms with Crippen LogP contribution in [-0.2, 0) is 6.42 Å². The van der Waals surface area contributed by atoms with Crippen LogP contribution >= 0.6 is 11.3 Å². The lowest BCUT2D eigenvalue weighted by molar-refractivity contribution is 0.102. The molecule has 0 aliphatic rings. The molecule has 0 saturated carbocycles. The highest BCUT2D eigenvalue weighted by Crippen LogP contribution is 2.21. The zero-order valence-electron chi connectivity index (χ0n) is 16.2. The summed E-state index contributed by atoms with van der Waals surface area (Å²) in [5.74, 6) is -0.344. The average molecular weight is 413 g/mol. The number of amides is 2. The van der Waals surface area contributed by atoms with E-state index in [9.17, 15) is 9.59 Å². The highest BCUT2D eigenvalue weighted by Gasteiger charge is 2.11. The lowest BCUT2D eigenvalue weighted by Gasteiger charge is -2.12. The molecule has 4 rings (SSSR count). The Kier molecular flexibility index (Phi) is 6.01. The number of thiophene rings is 1. The van der Waals surface area contributed by atoms with E-state index in [1.807, 2.05) is 53.9 Å². The third-order valence-corrected chi connectivity index (χ3v) is 5.52. The highest BCUT2D eigenvalue weighted by atomic mass is 32.1. The molecule has 2 amide bonds. The highest BCUT2D eigenvalue weighted by molar-refractivity contribution is 7.12. The van der Waals surface area contributed by atoms with Gasteiger partial charge < -0.3 is 10.6 Å². The minimum absolute atomic E-state index is 0.156. The molecule has 0 bridgehead atoms. The van der Waals surface area contributed by atoms with Crippen molar-refractivity contribution in [1.82, 2.24) is 0 Å². The van der Waals surface area contributed by atoms with Crippen LogP contribution in [0.2, 0.25) is 0 Å². The molecule has 0 aliphatic heterocycles. The van der Waals surface area contributed by atoms with Gasteiger partial charge in [-0.25, -0.2) is 0 Å². The molecule has 148 valence electrons. The SMILES string of the molecule is O=C(Nc1ccccc1Cc1ccccc1)c1ccc(NC(=O)c2cccs2)cc1. The second-order valence-corrected chi connectivity index (χ2v) is 7.73. The molecule has 4 nitrogen and oxygen atoms in total. The van der Waals surface area contributed by atoms with Crippen molar-refractivity contribution in [3.63, 3.8) is 0 Å². The summed E-state index contributed by atoms with van der Waals surface area (Å²) in [6, 6.07) is 28.4. The van der Waals surface area contributed by atoms with E-state index in [4.69, 9.17) is 0 Å². The third kappa shape index (κ3) is 4.82. The van der Waals surface area contributed by atoms with E-state index in [0.717, 1.165) is 17.7 Å². The van der Waals surface area contributed by atoms with E-state index in [0.29, 0.717) is 16.1 Å². The Bertz CT molecular complexity index is 1140. The van der Waals surface area contributed by atoms with Gasteiger partial charge in [-0.15, -0.1) is 11.3 Å². The zero-order valence-corrected chi connectivity index (χ0v) is 17.0. The maximum atomic E-state index is 12.7. The number of anilines is 2. The van der Waals surface area contributed by atoms with Gasteiger partial charge in [0.2, 0.25) is 0 Å². The molecule has 2 N–H and O–H groups in total. The van der Waals surface area contributed by atoms with Gasteiger partial charge >= 0.3 is 0 Å².